The molecule has 1 rings (SSSR count). The molecule has 0 aromatic carbocycles. The van der Waals surface area contributed by atoms with Crippen LogP contribution in [0.1, 0.15) is 5.56 Å². The molecule has 2 amide bonds. The third kappa shape index (κ3) is 4.62. The van der Waals surface area contributed by atoms with E-state index in [-0.39, 0.29) is 6.03 Å². The average Bonchev–Trinajstić information content (AvgIpc) is 2.34. The van der Waals surface area contributed by atoms with E-state index in [9.17, 15) is 4.79 Å². The number of ether oxygens (including phenoxy) is 1. The number of methoxy groups -OCH3 is 1. The van der Waals surface area contributed by atoms with Gasteiger partial charge in [-0.05, 0) is 11.6 Å². The van der Waals surface area contributed by atoms with Gasteiger partial charge in [0, 0.05) is 39.6 Å². The maximum atomic E-state index is 11.9. The molecule has 0 saturated carbocycles. The molecule has 0 aliphatic rings. The second kappa shape index (κ2) is 7.13. The van der Waals surface area contributed by atoms with Crippen molar-refractivity contribution in [3.63, 3.8) is 0 Å². The standard InChI is InChI=1S/C11H17N3O2S/c1-13(17)11(15)14(6-7-16-2)9-10-4-3-5-12-8-10/h3-5,8,17H,6-7,9H2,1-2H3. The Morgan fingerprint density at radius 2 is 2.35 bits per heavy atom. The van der Waals surface area contributed by atoms with Gasteiger partial charge in [-0.1, -0.05) is 18.9 Å². The summed E-state index contributed by atoms with van der Waals surface area (Å²) in [6, 6.07) is 3.62. The molecule has 0 fully saturated rings. The van der Waals surface area contributed by atoms with Crippen molar-refractivity contribution in [1.29, 1.82) is 0 Å². The minimum absolute atomic E-state index is 0.158. The summed E-state index contributed by atoms with van der Waals surface area (Å²) in [5, 5.41) is 0. The van der Waals surface area contributed by atoms with Gasteiger partial charge in [-0.25, -0.2) is 4.79 Å². The first-order valence-corrected chi connectivity index (χ1v) is 5.64. The van der Waals surface area contributed by atoms with Gasteiger partial charge in [-0.2, -0.15) is 0 Å². The molecule has 1 aromatic heterocycles. The lowest BCUT2D eigenvalue weighted by atomic mass is 10.2. The van der Waals surface area contributed by atoms with Crippen molar-refractivity contribution in [2.75, 3.05) is 27.3 Å². The van der Waals surface area contributed by atoms with Crippen LogP contribution in [0.5, 0.6) is 0 Å². The second-order valence-electron chi connectivity index (χ2n) is 3.58. The predicted molar refractivity (Wildman–Crippen MR) is 68.7 cm³/mol. The van der Waals surface area contributed by atoms with E-state index in [1.807, 2.05) is 12.1 Å². The zero-order valence-corrected chi connectivity index (χ0v) is 10.9. The van der Waals surface area contributed by atoms with E-state index in [2.05, 4.69) is 17.8 Å². The smallest absolute Gasteiger partial charge is 0.329 e. The van der Waals surface area contributed by atoms with Crippen LogP contribution in [-0.4, -0.2) is 47.5 Å². The van der Waals surface area contributed by atoms with Crippen molar-refractivity contribution in [2.45, 2.75) is 6.54 Å². The first-order valence-electron chi connectivity index (χ1n) is 5.24. The number of urea groups is 1. The fraction of sp³-hybridized carbons (Fsp3) is 0.455. The van der Waals surface area contributed by atoms with Gasteiger partial charge in [0.2, 0.25) is 0 Å². The number of nitrogens with zero attached hydrogens (tertiary/aromatic N) is 3. The van der Waals surface area contributed by atoms with E-state index in [4.69, 9.17) is 4.74 Å². The summed E-state index contributed by atoms with van der Waals surface area (Å²) in [5.41, 5.74) is 0.979. The van der Waals surface area contributed by atoms with Gasteiger partial charge in [-0.3, -0.25) is 9.29 Å². The van der Waals surface area contributed by atoms with Crippen LogP contribution < -0.4 is 0 Å². The lowest BCUT2D eigenvalue weighted by molar-refractivity contribution is 0.140. The summed E-state index contributed by atoms with van der Waals surface area (Å²) in [6.07, 6.45) is 3.45. The van der Waals surface area contributed by atoms with Crippen molar-refractivity contribution in [1.82, 2.24) is 14.2 Å². The Balaban J connectivity index is 2.66. The number of pyridine rings is 1. The summed E-state index contributed by atoms with van der Waals surface area (Å²) < 4.78 is 6.24. The molecule has 0 bridgehead atoms. The van der Waals surface area contributed by atoms with E-state index in [0.29, 0.717) is 19.7 Å². The highest BCUT2D eigenvalue weighted by Crippen LogP contribution is 2.06. The van der Waals surface area contributed by atoms with Gasteiger partial charge in [0.1, 0.15) is 0 Å². The van der Waals surface area contributed by atoms with Crippen LogP contribution in [-0.2, 0) is 11.3 Å². The molecule has 0 spiro atoms. The quantitative estimate of drug-likeness (QED) is 0.810. The number of carbonyl (C=O) groups is 1. The number of hydrogen-bond acceptors (Lipinski definition) is 4. The highest BCUT2D eigenvalue weighted by Gasteiger charge is 2.16. The summed E-state index contributed by atoms with van der Waals surface area (Å²) in [7, 11) is 3.21. The first kappa shape index (κ1) is 13.8. The minimum atomic E-state index is -0.158. The van der Waals surface area contributed by atoms with Crippen molar-refractivity contribution < 1.29 is 9.53 Å². The molecule has 0 N–H and O–H groups in total. The Morgan fingerprint density at radius 1 is 1.59 bits per heavy atom. The number of rotatable bonds is 5. The second-order valence-corrected chi connectivity index (χ2v) is 4.18. The van der Waals surface area contributed by atoms with Gasteiger partial charge in [0.05, 0.1) is 6.61 Å². The van der Waals surface area contributed by atoms with Crippen molar-refractivity contribution >= 4 is 18.8 Å². The molecular weight excluding hydrogens is 238 g/mol. The zero-order valence-electron chi connectivity index (χ0n) is 10.0. The Labute approximate surface area is 107 Å². The lowest BCUT2D eigenvalue weighted by Crippen LogP contribution is -2.38. The van der Waals surface area contributed by atoms with Gasteiger partial charge >= 0.3 is 6.03 Å². The normalized spacial score (nSPS) is 10.1. The number of aromatic nitrogens is 1. The molecule has 0 atom stereocenters. The van der Waals surface area contributed by atoms with Gasteiger partial charge < -0.3 is 9.64 Å². The SMILES string of the molecule is COCCN(Cc1cccnc1)C(=O)N(C)S. The number of hydrogen-bond donors (Lipinski definition) is 1. The number of carbonyl (C=O) groups excluding carboxylic acids is 1. The molecule has 1 heterocycles. The molecule has 0 aliphatic heterocycles. The molecule has 17 heavy (non-hydrogen) atoms. The largest absolute Gasteiger partial charge is 0.383 e. The van der Waals surface area contributed by atoms with Gasteiger partial charge in [-0.15, -0.1) is 0 Å². The van der Waals surface area contributed by atoms with E-state index < -0.39 is 0 Å². The third-order valence-electron chi connectivity index (χ3n) is 2.21. The van der Waals surface area contributed by atoms with E-state index >= 15 is 0 Å². The average molecular weight is 255 g/mol. The molecule has 0 saturated heterocycles. The topological polar surface area (TPSA) is 45.7 Å². The number of amides is 2. The van der Waals surface area contributed by atoms with Crippen LogP contribution in [0.25, 0.3) is 0 Å². The van der Waals surface area contributed by atoms with E-state index in [0.717, 1.165) is 5.56 Å². The van der Waals surface area contributed by atoms with Crippen molar-refractivity contribution in [3.05, 3.63) is 30.1 Å². The minimum Gasteiger partial charge on any atom is -0.383 e. The molecule has 1 aromatic rings. The zero-order chi connectivity index (χ0) is 12.7. The molecule has 0 radical (unpaired) electrons. The van der Waals surface area contributed by atoms with Crippen LogP contribution in [0.2, 0.25) is 0 Å². The third-order valence-corrected chi connectivity index (χ3v) is 2.38. The highest BCUT2D eigenvalue weighted by atomic mass is 32.1. The molecule has 6 heteroatoms. The maximum Gasteiger partial charge on any atom is 0.329 e. The maximum absolute atomic E-state index is 11.9. The van der Waals surface area contributed by atoms with E-state index in [1.165, 1.54) is 4.31 Å². The van der Waals surface area contributed by atoms with Crippen LogP contribution in [0, 0.1) is 0 Å². The van der Waals surface area contributed by atoms with Crippen molar-refractivity contribution in [2.24, 2.45) is 0 Å². The Hall–Kier alpha value is -1.27. The molecule has 0 unspecified atom stereocenters. The molecule has 0 aliphatic carbocycles. The van der Waals surface area contributed by atoms with Crippen LogP contribution in [0.15, 0.2) is 24.5 Å². The van der Waals surface area contributed by atoms with Crippen LogP contribution in [0.4, 0.5) is 4.79 Å². The van der Waals surface area contributed by atoms with Crippen LogP contribution >= 0.6 is 12.8 Å². The van der Waals surface area contributed by atoms with Gasteiger partial charge in [0.25, 0.3) is 0 Å². The Morgan fingerprint density at radius 3 is 2.88 bits per heavy atom. The molecule has 94 valence electrons. The molecular formula is C11H17N3O2S. The van der Waals surface area contributed by atoms with Crippen molar-refractivity contribution in [3.8, 4) is 0 Å². The molecule has 5 nitrogen and oxygen atoms in total. The Bertz CT molecular complexity index is 346. The fourth-order valence-corrected chi connectivity index (χ4v) is 1.49. The summed E-state index contributed by atoms with van der Waals surface area (Å²) in [5.74, 6) is 0. The first-order chi connectivity index (χ1) is 8.15. The Kier molecular flexibility index (Phi) is 5.79. The van der Waals surface area contributed by atoms with Gasteiger partial charge in [0.15, 0.2) is 0 Å². The fourth-order valence-electron chi connectivity index (χ4n) is 1.36. The van der Waals surface area contributed by atoms with Crippen LogP contribution in [0.3, 0.4) is 0 Å². The predicted octanol–water partition coefficient (Wildman–Crippen LogP) is 1.43. The number of thiol groups is 1. The highest BCUT2D eigenvalue weighted by molar-refractivity contribution is 7.78. The summed E-state index contributed by atoms with van der Waals surface area (Å²) in [4.78, 5) is 17.5. The lowest BCUT2D eigenvalue weighted by Gasteiger charge is -2.25. The monoisotopic (exact) mass is 255 g/mol. The summed E-state index contributed by atoms with van der Waals surface area (Å²) >= 11 is 4.01. The summed E-state index contributed by atoms with van der Waals surface area (Å²) in [6.45, 7) is 1.52. The van der Waals surface area contributed by atoms with E-state index in [1.54, 1.807) is 31.5 Å².